The Bertz CT molecular complexity index is 1650. The fraction of sp³-hybridized carbons (Fsp3) is 0.375. The van der Waals surface area contributed by atoms with E-state index < -0.39 is 18.2 Å². The van der Waals surface area contributed by atoms with Gasteiger partial charge in [0.1, 0.15) is 24.1 Å². The van der Waals surface area contributed by atoms with Crippen molar-refractivity contribution in [1.82, 2.24) is 0 Å². The summed E-state index contributed by atoms with van der Waals surface area (Å²) in [5.41, 5.74) is 4.12. The van der Waals surface area contributed by atoms with Gasteiger partial charge in [-0.25, -0.2) is 9.59 Å². The Morgan fingerprint density at radius 1 is 0.979 bits per heavy atom. The van der Waals surface area contributed by atoms with Crippen LogP contribution in [0.5, 0.6) is 5.75 Å². The van der Waals surface area contributed by atoms with E-state index in [2.05, 4.69) is 17.9 Å². The highest BCUT2D eigenvalue weighted by Gasteiger charge is 2.51. The number of aryl methyl sites for hydroxylation is 2. The van der Waals surface area contributed by atoms with Crippen molar-refractivity contribution in [3.63, 3.8) is 0 Å². The van der Waals surface area contributed by atoms with Crippen LogP contribution >= 0.6 is 0 Å². The molecule has 7 nitrogen and oxygen atoms in total. The molecule has 0 amide bonds. The molecule has 2 unspecified atom stereocenters. The van der Waals surface area contributed by atoms with Crippen molar-refractivity contribution >= 4 is 17.9 Å². The van der Waals surface area contributed by atoms with E-state index in [-0.39, 0.29) is 35.8 Å². The highest BCUT2D eigenvalue weighted by molar-refractivity contribution is 5.90. The molecule has 0 saturated heterocycles. The van der Waals surface area contributed by atoms with E-state index in [4.69, 9.17) is 18.9 Å². The SMILES string of the molecule is CC#CCC(C)[C@@H](/C=C/C1[C@H]2c3cccc(CCCC(=O)OC)c3O[C@H]2C[C@H]1OC(=O)c1ccc(C)cc1)OC(=O)c1ccccc1. The predicted molar refractivity (Wildman–Crippen MR) is 179 cm³/mol. The first-order chi connectivity index (χ1) is 22.8. The van der Waals surface area contributed by atoms with Crippen molar-refractivity contribution in [2.75, 3.05) is 7.11 Å². The molecule has 1 aliphatic heterocycles. The Kier molecular flexibility index (Phi) is 11.2. The lowest BCUT2D eigenvalue weighted by Crippen LogP contribution is -2.26. The third-order valence-corrected chi connectivity index (χ3v) is 9.00. The number of esters is 3. The first kappa shape index (κ1) is 33.5. The molecule has 3 aromatic rings. The summed E-state index contributed by atoms with van der Waals surface area (Å²) in [4.78, 5) is 38.2. The van der Waals surface area contributed by atoms with Crippen molar-refractivity contribution < 1.29 is 33.3 Å². The molecule has 1 heterocycles. The summed E-state index contributed by atoms with van der Waals surface area (Å²) < 4.78 is 23.7. The molecule has 6 atom stereocenters. The van der Waals surface area contributed by atoms with E-state index >= 15 is 0 Å². The van der Waals surface area contributed by atoms with Crippen LogP contribution in [0.25, 0.3) is 0 Å². The molecule has 1 aliphatic carbocycles. The minimum absolute atomic E-state index is 0.0751. The quantitative estimate of drug-likeness (QED) is 0.0887. The van der Waals surface area contributed by atoms with Crippen LogP contribution in [0.1, 0.15) is 82.9 Å². The van der Waals surface area contributed by atoms with Crippen LogP contribution < -0.4 is 4.74 Å². The summed E-state index contributed by atoms with van der Waals surface area (Å²) >= 11 is 0. The van der Waals surface area contributed by atoms with Gasteiger partial charge in [-0.1, -0.05) is 67.1 Å². The molecular weight excluding hydrogens is 592 g/mol. The van der Waals surface area contributed by atoms with Gasteiger partial charge in [0, 0.05) is 42.6 Å². The van der Waals surface area contributed by atoms with Crippen molar-refractivity contribution in [3.8, 4) is 17.6 Å². The average molecular weight is 635 g/mol. The second-order valence-electron chi connectivity index (χ2n) is 12.3. The van der Waals surface area contributed by atoms with Gasteiger partial charge in [0.25, 0.3) is 0 Å². The number of hydrogen-bond donors (Lipinski definition) is 0. The number of carbonyl (C=O) groups is 3. The van der Waals surface area contributed by atoms with Crippen molar-refractivity contribution in [2.24, 2.45) is 11.8 Å². The molecule has 0 bridgehead atoms. The molecule has 0 aromatic heterocycles. The summed E-state index contributed by atoms with van der Waals surface area (Å²) in [7, 11) is 1.40. The van der Waals surface area contributed by atoms with Crippen LogP contribution in [0, 0.1) is 30.6 Å². The van der Waals surface area contributed by atoms with Gasteiger partial charge in [0.15, 0.2) is 0 Å². The Hall–Kier alpha value is -4.83. The van der Waals surface area contributed by atoms with Gasteiger partial charge in [0.2, 0.25) is 0 Å². The van der Waals surface area contributed by atoms with Gasteiger partial charge in [-0.2, -0.15) is 0 Å². The van der Waals surface area contributed by atoms with E-state index in [1.54, 1.807) is 43.3 Å². The largest absolute Gasteiger partial charge is 0.489 e. The lowest BCUT2D eigenvalue weighted by molar-refractivity contribution is -0.140. The van der Waals surface area contributed by atoms with E-state index in [0.717, 1.165) is 22.4 Å². The number of benzene rings is 3. The smallest absolute Gasteiger partial charge is 0.338 e. The second kappa shape index (κ2) is 15.6. The number of para-hydroxylation sites is 1. The Morgan fingerprint density at radius 2 is 1.72 bits per heavy atom. The van der Waals surface area contributed by atoms with E-state index in [1.807, 2.05) is 56.3 Å². The average Bonchev–Trinajstić information content (AvgIpc) is 3.61. The third-order valence-electron chi connectivity index (χ3n) is 9.00. The van der Waals surface area contributed by atoms with Crippen LogP contribution in [0.2, 0.25) is 0 Å². The maximum atomic E-state index is 13.3. The van der Waals surface area contributed by atoms with Crippen LogP contribution in [0.3, 0.4) is 0 Å². The van der Waals surface area contributed by atoms with Crippen molar-refractivity contribution in [1.29, 1.82) is 0 Å². The first-order valence-corrected chi connectivity index (χ1v) is 16.3. The molecule has 3 aromatic carbocycles. The number of carbonyl (C=O) groups excluding carboxylic acids is 3. The Morgan fingerprint density at radius 3 is 2.45 bits per heavy atom. The summed E-state index contributed by atoms with van der Waals surface area (Å²) in [5.74, 6) is 5.48. The maximum absolute atomic E-state index is 13.3. The maximum Gasteiger partial charge on any atom is 0.338 e. The molecule has 1 saturated carbocycles. The van der Waals surface area contributed by atoms with Crippen LogP contribution in [0.4, 0.5) is 0 Å². The summed E-state index contributed by atoms with van der Waals surface area (Å²) in [5, 5.41) is 0. The summed E-state index contributed by atoms with van der Waals surface area (Å²) in [6.45, 7) is 5.78. The lowest BCUT2D eigenvalue weighted by Gasteiger charge is -2.24. The number of hydrogen-bond acceptors (Lipinski definition) is 7. The molecule has 7 heteroatoms. The zero-order valence-corrected chi connectivity index (χ0v) is 27.4. The Labute approximate surface area is 277 Å². The molecule has 1 fully saturated rings. The minimum atomic E-state index is -0.553. The molecule has 47 heavy (non-hydrogen) atoms. The lowest BCUT2D eigenvalue weighted by atomic mass is 9.86. The predicted octanol–water partition coefficient (Wildman–Crippen LogP) is 7.41. The monoisotopic (exact) mass is 634 g/mol. The number of rotatable bonds is 12. The highest BCUT2D eigenvalue weighted by atomic mass is 16.6. The zero-order chi connectivity index (χ0) is 33.3. The van der Waals surface area contributed by atoms with Gasteiger partial charge in [-0.3, -0.25) is 4.79 Å². The molecule has 244 valence electrons. The fourth-order valence-corrected chi connectivity index (χ4v) is 6.42. The van der Waals surface area contributed by atoms with Gasteiger partial charge in [-0.05, 0) is 62.6 Å². The van der Waals surface area contributed by atoms with Gasteiger partial charge in [0.05, 0.1) is 18.2 Å². The topological polar surface area (TPSA) is 88.1 Å². The molecular formula is C40H42O7. The fourth-order valence-electron chi connectivity index (χ4n) is 6.42. The third kappa shape index (κ3) is 8.13. The van der Waals surface area contributed by atoms with Gasteiger partial charge in [-0.15, -0.1) is 11.8 Å². The molecule has 5 rings (SSSR count). The van der Waals surface area contributed by atoms with Crippen LogP contribution in [-0.4, -0.2) is 43.3 Å². The van der Waals surface area contributed by atoms with E-state index in [9.17, 15) is 14.4 Å². The summed E-state index contributed by atoms with van der Waals surface area (Å²) in [6.07, 6.45) is 5.48. The summed E-state index contributed by atoms with van der Waals surface area (Å²) in [6, 6.07) is 22.4. The molecule has 0 radical (unpaired) electrons. The number of methoxy groups -OCH3 is 1. The van der Waals surface area contributed by atoms with Gasteiger partial charge >= 0.3 is 17.9 Å². The standard InChI is InChI=1S/C40H42O7/c1-5-6-12-27(3)33(46-39(42)29-13-8-7-9-14-29)24-23-31-34(47-40(43)30-21-19-26(2)20-22-30)25-35-37(31)32-17-10-15-28(38(32)45-35)16-11-18-36(41)44-4/h7-10,13-15,17,19-24,27,31,33-35,37H,11-12,16,18,25H2,1-4H3/b24-23+/t27?,31?,33-,34-,35+,37+/m1/s1. The first-order valence-electron chi connectivity index (χ1n) is 16.3. The second-order valence-corrected chi connectivity index (χ2v) is 12.3. The highest BCUT2D eigenvalue weighted by Crippen LogP contribution is 2.53. The minimum Gasteiger partial charge on any atom is -0.489 e. The van der Waals surface area contributed by atoms with Crippen molar-refractivity contribution in [2.45, 2.75) is 77.1 Å². The normalized spacial score (nSPS) is 20.6. The van der Waals surface area contributed by atoms with Crippen LogP contribution in [-0.2, 0) is 25.4 Å². The van der Waals surface area contributed by atoms with E-state index in [0.29, 0.717) is 43.2 Å². The molecule has 2 aliphatic rings. The number of fused-ring (bicyclic) bond motifs is 3. The molecule has 0 N–H and O–H groups in total. The Balaban J connectivity index is 1.44. The van der Waals surface area contributed by atoms with E-state index in [1.165, 1.54) is 7.11 Å². The van der Waals surface area contributed by atoms with Crippen LogP contribution in [0.15, 0.2) is 84.9 Å². The number of ether oxygens (including phenoxy) is 4. The zero-order valence-electron chi connectivity index (χ0n) is 27.4. The molecule has 0 spiro atoms. The van der Waals surface area contributed by atoms with Crippen molar-refractivity contribution in [3.05, 3.63) is 113 Å². The van der Waals surface area contributed by atoms with Gasteiger partial charge < -0.3 is 18.9 Å².